The minimum Gasteiger partial charge on any atom is -0.465 e. The van der Waals surface area contributed by atoms with Gasteiger partial charge >= 0.3 is 6.09 Å². The zero-order chi connectivity index (χ0) is 18.7. The number of amides is 1. The highest BCUT2D eigenvalue weighted by Gasteiger charge is 2.12. The van der Waals surface area contributed by atoms with Crippen LogP contribution in [0.1, 0.15) is 5.56 Å². The number of nitrogens with zero attached hydrogens (tertiary/aromatic N) is 2. The fourth-order valence-electron chi connectivity index (χ4n) is 2.45. The lowest BCUT2D eigenvalue weighted by Crippen LogP contribution is -2.23. The maximum atomic E-state index is 14.0. The summed E-state index contributed by atoms with van der Waals surface area (Å²) < 4.78 is 28.5. The molecule has 0 saturated heterocycles. The second-order valence-electron chi connectivity index (χ2n) is 5.45. The molecule has 6 nitrogen and oxygen atoms in total. The number of hydrogen-bond donors (Lipinski definition) is 2. The van der Waals surface area contributed by atoms with Crippen LogP contribution in [-0.4, -0.2) is 21.0 Å². The predicted molar refractivity (Wildman–Crippen MR) is 91.0 cm³/mol. The minimum absolute atomic E-state index is 0.0404. The first-order valence-electron chi connectivity index (χ1n) is 7.55. The second-order valence-corrected chi connectivity index (χ2v) is 5.45. The number of rotatable bonds is 4. The Balaban J connectivity index is 1.95. The van der Waals surface area contributed by atoms with E-state index in [0.29, 0.717) is 11.3 Å². The molecule has 0 fully saturated rings. The van der Waals surface area contributed by atoms with Crippen molar-refractivity contribution < 1.29 is 18.7 Å². The molecule has 1 aromatic heterocycles. The lowest BCUT2D eigenvalue weighted by molar-refractivity contribution is 0.209. The highest BCUT2D eigenvalue weighted by atomic mass is 19.2. The van der Waals surface area contributed by atoms with E-state index in [1.54, 1.807) is 24.3 Å². The Labute approximate surface area is 146 Å². The van der Waals surface area contributed by atoms with Gasteiger partial charge in [-0.3, -0.25) is 10.1 Å². The van der Waals surface area contributed by atoms with Crippen LogP contribution >= 0.6 is 0 Å². The molecular weight excluding hydrogens is 344 g/mol. The molecule has 2 N–H and O–H groups in total. The molecule has 0 saturated carbocycles. The second kappa shape index (κ2) is 7.14. The van der Waals surface area contributed by atoms with Crippen LogP contribution in [0.4, 0.5) is 19.3 Å². The standard InChI is InChI=1S/C18H13F2N3O3/c19-14-6-2-5-13(17(14)20)15-7-8-16(24)23(22-15)10-11-3-1-4-12(9-11)21-18(25)26/h1-9,21H,10H2,(H,25,26). The summed E-state index contributed by atoms with van der Waals surface area (Å²) in [7, 11) is 0. The maximum absolute atomic E-state index is 14.0. The average molecular weight is 357 g/mol. The Kier molecular flexibility index (Phi) is 4.74. The molecular formula is C18H13F2N3O3. The number of nitrogens with one attached hydrogen (secondary N) is 1. The van der Waals surface area contributed by atoms with Crippen LogP contribution in [0.25, 0.3) is 11.3 Å². The van der Waals surface area contributed by atoms with Crippen molar-refractivity contribution in [1.29, 1.82) is 0 Å². The quantitative estimate of drug-likeness (QED) is 0.750. The molecule has 0 spiro atoms. The molecule has 2 aromatic carbocycles. The number of carbonyl (C=O) groups is 1. The topological polar surface area (TPSA) is 84.2 Å². The summed E-state index contributed by atoms with van der Waals surface area (Å²) in [5.41, 5.74) is 0.585. The summed E-state index contributed by atoms with van der Waals surface area (Å²) in [6.45, 7) is 0.0404. The van der Waals surface area contributed by atoms with E-state index in [9.17, 15) is 18.4 Å². The molecule has 8 heteroatoms. The summed E-state index contributed by atoms with van der Waals surface area (Å²) in [5.74, 6) is -2.05. The molecule has 0 aliphatic heterocycles. The van der Waals surface area contributed by atoms with E-state index in [2.05, 4.69) is 10.4 Å². The van der Waals surface area contributed by atoms with Crippen molar-refractivity contribution in [3.05, 3.63) is 82.1 Å². The molecule has 3 aromatic rings. The van der Waals surface area contributed by atoms with E-state index in [0.717, 1.165) is 10.7 Å². The molecule has 0 unspecified atom stereocenters. The van der Waals surface area contributed by atoms with Gasteiger partial charge in [-0.2, -0.15) is 5.10 Å². The molecule has 0 aliphatic carbocycles. The van der Waals surface area contributed by atoms with Gasteiger partial charge in [0.25, 0.3) is 5.56 Å². The first-order valence-corrected chi connectivity index (χ1v) is 7.55. The first kappa shape index (κ1) is 17.3. The largest absolute Gasteiger partial charge is 0.465 e. The molecule has 1 heterocycles. The molecule has 3 rings (SSSR count). The number of halogens is 2. The number of hydrogen-bond acceptors (Lipinski definition) is 3. The van der Waals surface area contributed by atoms with E-state index in [1.165, 1.54) is 24.3 Å². The van der Waals surface area contributed by atoms with Crippen LogP contribution in [0.2, 0.25) is 0 Å². The van der Waals surface area contributed by atoms with Crippen LogP contribution in [0.5, 0.6) is 0 Å². The Morgan fingerprint density at radius 1 is 1.12 bits per heavy atom. The highest BCUT2D eigenvalue weighted by molar-refractivity contribution is 5.82. The monoisotopic (exact) mass is 357 g/mol. The Bertz CT molecular complexity index is 1030. The van der Waals surface area contributed by atoms with Gasteiger partial charge in [0.15, 0.2) is 11.6 Å². The lowest BCUT2D eigenvalue weighted by atomic mass is 10.1. The van der Waals surface area contributed by atoms with Gasteiger partial charge in [0.2, 0.25) is 0 Å². The van der Waals surface area contributed by atoms with Gasteiger partial charge in [-0.05, 0) is 35.9 Å². The Morgan fingerprint density at radius 2 is 1.88 bits per heavy atom. The van der Waals surface area contributed by atoms with E-state index in [4.69, 9.17) is 5.11 Å². The highest BCUT2D eigenvalue weighted by Crippen LogP contribution is 2.21. The fraction of sp³-hybridized carbons (Fsp3) is 0.0556. The summed E-state index contributed by atoms with van der Waals surface area (Å²) in [6, 6.07) is 12.7. The van der Waals surface area contributed by atoms with Crippen molar-refractivity contribution in [2.45, 2.75) is 6.54 Å². The van der Waals surface area contributed by atoms with E-state index >= 15 is 0 Å². The molecule has 132 valence electrons. The number of aromatic nitrogens is 2. The minimum atomic E-state index is -1.21. The fourth-order valence-corrected chi connectivity index (χ4v) is 2.45. The van der Waals surface area contributed by atoms with E-state index in [1.807, 2.05) is 0 Å². The van der Waals surface area contributed by atoms with Crippen molar-refractivity contribution >= 4 is 11.8 Å². The van der Waals surface area contributed by atoms with E-state index in [-0.39, 0.29) is 17.8 Å². The average Bonchev–Trinajstić information content (AvgIpc) is 2.59. The molecule has 0 aliphatic rings. The van der Waals surface area contributed by atoms with Gasteiger partial charge in [-0.1, -0.05) is 18.2 Å². The predicted octanol–water partition coefficient (Wildman–Crippen LogP) is 3.33. The Morgan fingerprint density at radius 3 is 2.65 bits per heavy atom. The van der Waals surface area contributed by atoms with Gasteiger partial charge < -0.3 is 5.11 Å². The molecule has 0 bridgehead atoms. The lowest BCUT2D eigenvalue weighted by Gasteiger charge is -2.09. The molecule has 0 atom stereocenters. The van der Waals surface area contributed by atoms with Crippen molar-refractivity contribution in [1.82, 2.24) is 9.78 Å². The van der Waals surface area contributed by atoms with E-state index < -0.39 is 23.3 Å². The van der Waals surface area contributed by atoms with Crippen LogP contribution in [0.15, 0.2) is 59.4 Å². The van der Waals surface area contributed by atoms with Crippen LogP contribution in [0.3, 0.4) is 0 Å². The maximum Gasteiger partial charge on any atom is 0.409 e. The summed E-state index contributed by atoms with van der Waals surface area (Å²) in [6.07, 6.45) is -1.21. The normalized spacial score (nSPS) is 10.5. The van der Waals surface area contributed by atoms with Crippen LogP contribution in [0, 0.1) is 11.6 Å². The SMILES string of the molecule is O=C(O)Nc1cccc(Cn2nc(-c3cccc(F)c3F)ccc2=O)c1. The third-order valence-corrected chi connectivity index (χ3v) is 3.60. The van der Waals surface area contributed by atoms with Crippen LogP contribution < -0.4 is 10.9 Å². The summed E-state index contributed by atoms with van der Waals surface area (Å²) in [4.78, 5) is 22.8. The van der Waals surface area contributed by atoms with Crippen molar-refractivity contribution in [3.63, 3.8) is 0 Å². The van der Waals surface area contributed by atoms with Crippen molar-refractivity contribution in [2.24, 2.45) is 0 Å². The zero-order valence-corrected chi connectivity index (χ0v) is 13.3. The van der Waals surface area contributed by atoms with Gasteiger partial charge in [-0.25, -0.2) is 18.3 Å². The number of anilines is 1. The molecule has 26 heavy (non-hydrogen) atoms. The molecule has 0 radical (unpaired) electrons. The van der Waals surface area contributed by atoms with Gasteiger partial charge in [0.1, 0.15) is 0 Å². The molecule has 1 amide bonds. The van der Waals surface area contributed by atoms with Crippen LogP contribution in [-0.2, 0) is 6.54 Å². The first-order chi connectivity index (χ1) is 12.4. The number of carboxylic acid groups (broad SMARTS) is 1. The van der Waals surface area contributed by atoms with Gasteiger partial charge in [0, 0.05) is 17.3 Å². The summed E-state index contributed by atoms with van der Waals surface area (Å²) >= 11 is 0. The number of benzene rings is 2. The van der Waals surface area contributed by atoms with Crippen molar-refractivity contribution in [3.8, 4) is 11.3 Å². The zero-order valence-electron chi connectivity index (χ0n) is 13.3. The van der Waals surface area contributed by atoms with Gasteiger partial charge in [0.05, 0.1) is 12.2 Å². The third-order valence-electron chi connectivity index (χ3n) is 3.60. The third kappa shape index (κ3) is 3.75. The summed E-state index contributed by atoms with van der Waals surface area (Å²) in [5, 5.41) is 15.1. The Hall–Kier alpha value is -3.55. The van der Waals surface area contributed by atoms with Crippen molar-refractivity contribution in [2.75, 3.05) is 5.32 Å². The smallest absolute Gasteiger partial charge is 0.409 e. The van der Waals surface area contributed by atoms with Gasteiger partial charge in [-0.15, -0.1) is 0 Å².